The Balaban J connectivity index is 3.69. The molecule has 0 heterocycles. The molecule has 1 rings (SSSR count). The molecule has 0 radical (unpaired) electrons. The molecule has 0 spiro atoms. The number of carbonyl (C=O) groups excluding carboxylic acids is 1. The van der Waals surface area contributed by atoms with Crippen LogP contribution in [0.1, 0.15) is 10.4 Å². The molecule has 0 aliphatic heterocycles. The van der Waals surface area contributed by atoms with Gasteiger partial charge in [0.2, 0.25) is 0 Å². The van der Waals surface area contributed by atoms with Gasteiger partial charge in [0.15, 0.2) is 29.1 Å². The summed E-state index contributed by atoms with van der Waals surface area (Å²) in [6, 6.07) is 0. The number of hydrogen-bond donors (Lipinski definition) is 0. The second-order valence-corrected chi connectivity index (χ2v) is 3.29. The Morgan fingerprint density at radius 3 is 2.00 bits per heavy atom. The Labute approximate surface area is 100.0 Å². The van der Waals surface area contributed by atoms with Gasteiger partial charge in [0, 0.05) is 4.91 Å². The van der Waals surface area contributed by atoms with Crippen molar-refractivity contribution in [2.24, 2.45) is 5.11 Å². The van der Waals surface area contributed by atoms with Crippen LogP contribution in [0.4, 0.5) is 23.2 Å². The molecule has 0 N–H and O–H groups in total. The largest absolute Gasteiger partial charge is 0.293 e. The van der Waals surface area contributed by atoms with Crippen molar-refractivity contribution in [3.63, 3.8) is 0 Å². The van der Waals surface area contributed by atoms with Crippen molar-refractivity contribution in [1.82, 2.24) is 0 Å². The molecule has 1 aromatic rings. The summed E-state index contributed by atoms with van der Waals surface area (Å²) in [6.07, 6.45) is 0. The maximum Gasteiger partial charge on any atom is 0.179 e. The van der Waals surface area contributed by atoms with Crippen molar-refractivity contribution >= 4 is 27.4 Å². The van der Waals surface area contributed by atoms with Crippen LogP contribution in [-0.2, 0) is 0 Å². The lowest BCUT2D eigenvalue weighted by Crippen LogP contribution is -2.11. The third kappa shape index (κ3) is 2.25. The maximum atomic E-state index is 13.3. The third-order valence-electron chi connectivity index (χ3n) is 1.79. The van der Waals surface area contributed by atoms with E-state index in [0.29, 0.717) is 0 Å². The average Bonchev–Trinajstić information content (AvgIpc) is 2.32. The molecule has 0 amide bonds. The number of carbonyl (C=O) groups is 1. The quantitative estimate of drug-likeness (QED) is 0.159. The van der Waals surface area contributed by atoms with Gasteiger partial charge in [0.25, 0.3) is 0 Å². The van der Waals surface area contributed by atoms with E-state index < -0.39 is 45.6 Å². The van der Waals surface area contributed by atoms with Gasteiger partial charge in [-0.15, -0.1) is 0 Å². The van der Waals surface area contributed by atoms with Crippen molar-refractivity contribution in [3.05, 3.63) is 39.3 Å². The van der Waals surface area contributed by atoms with E-state index >= 15 is 0 Å². The van der Waals surface area contributed by atoms with Crippen molar-refractivity contribution in [2.45, 2.75) is 0 Å². The van der Waals surface area contributed by atoms with Crippen LogP contribution in [0.25, 0.3) is 10.4 Å². The van der Waals surface area contributed by atoms with Crippen molar-refractivity contribution < 1.29 is 22.4 Å². The summed E-state index contributed by atoms with van der Waals surface area (Å²) in [4.78, 5) is 13.1. The maximum absolute atomic E-state index is 13.3. The molecule has 0 unspecified atom stereocenters. The predicted molar refractivity (Wildman–Crippen MR) is 53.2 cm³/mol. The van der Waals surface area contributed by atoms with Gasteiger partial charge >= 0.3 is 0 Å². The Bertz CT molecular complexity index is 513. The average molecular weight is 312 g/mol. The molecule has 0 fully saturated rings. The summed E-state index contributed by atoms with van der Waals surface area (Å²) < 4.78 is 52.9. The van der Waals surface area contributed by atoms with Gasteiger partial charge in [-0.3, -0.25) is 4.79 Å². The number of nitrogens with zero attached hydrogens (tertiary/aromatic N) is 3. The summed E-state index contributed by atoms with van der Waals surface area (Å²) in [7, 11) is 0. The van der Waals surface area contributed by atoms with Gasteiger partial charge in [0.05, 0.1) is 10.9 Å². The fourth-order valence-corrected chi connectivity index (χ4v) is 1.34. The number of halogens is 5. The van der Waals surface area contributed by atoms with Crippen LogP contribution >= 0.6 is 15.9 Å². The first-order valence-electron chi connectivity index (χ1n) is 3.95. The van der Waals surface area contributed by atoms with Gasteiger partial charge in [-0.1, -0.05) is 21.0 Å². The lowest BCUT2D eigenvalue weighted by atomic mass is 10.1. The molecule has 4 nitrogen and oxygen atoms in total. The van der Waals surface area contributed by atoms with Crippen LogP contribution in [0.3, 0.4) is 0 Å². The summed E-state index contributed by atoms with van der Waals surface area (Å²) in [5.74, 6) is -8.78. The smallest absolute Gasteiger partial charge is 0.179 e. The summed E-state index contributed by atoms with van der Waals surface area (Å²) in [5, 5.41) is 1.97. The molecule has 0 aromatic heterocycles. The normalized spacial score (nSPS) is 9.94. The van der Waals surface area contributed by atoms with Crippen LogP contribution in [0, 0.1) is 23.3 Å². The molecular formula is C8H2BrF4N3O. The number of ketones is 1. The van der Waals surface area contributed by atoms with E-state index in [0.717, 1.165) is 0 Å². The first kappa shape index (κ1) is 13.5. The number of Topliss-reactive ketones (excluding diaryl/α,β-unsaturated/α-hetero) is 1. The standard InChI is InChI=1S/C8H2BrF4N3O/c9-1-2(17)3-4(10)6(12)8(15-16-14)7(13)5(3)11/h1H2. The van der Waals surface area contributed by atoms with Crippen molar-refractivity contribution in [3.8, 4) is 0 Å². The molecular weight excluding hydrogens is 310 g/mol. The minimum atomic E-state index is -1.91. The Hall–Kier alpha value is -1.60. The SMILES string of the molecule is [N-]=[N+]=Nc1c(F)c(F)c(C(=O)CBr)c(F)c1F. The number of rotatable bonds is 3. The third-order valence-corrected chi connectivity index (χ3v) is 2.29. The van der Waals surface area contributed by atoms with Gasteiger partial charge in [-0.05, 0) is 5.53 Å². The molecule has 0 saturated heterocycles. The van der Waals surface area contributed by atoms with Gasteiger partial charge < -0.3 is 0 Å². The highest BCUT2D eigenvalue weighted by Gasteiger charge is 2.28. The first-order valence-corrected chi connectivity index (χ1v) is 5.08. The van der Waals surface area contributed by atoms with E-state index in [1.807, 2.05) is 4.91 Å². The number of hydrogen-bond acceptors (Lipinski definition) is 2. The van der Waals surface area contributed by atoms with Crippen LogP contribution < -0.4 is 0 Å². The van der Waals surface area contributed by atoms with Crippen molar-refractivity contribution in [1.29, 1.82) is 0 Å². The van der Waals surface area contributed by atoms with Gasteiger partial charge in [-0.25, -0.2) is 17.6 Å². The molecule has 0 aliphatic carbocycles. The second kappa shape index (κ2) is 5.15. The van der Waals surface area contributed by atoms with Gasteiger partial charge in [-0.2, -0.15) is 0 Å². The van der Waals surface area contributed by atoms with E-state index in [2.05, 4.69) is 21.0 Å². The van der Waals surface area contributed by atoms with E-state index in [1.54, 1.807) is 0 Å². The minimum Gasteiger partial charge on any atom is -0.293 e. The zero-order chi connectivity index (χ0) is 13.2. The Morgan fingerprint density at radius 2 is 1.65 bits per heavy atom. The minimum absolute atomic E-state index is 0.513. The lowest BCUT2D eigenvalue weighted by Gasteiger charge is -2.07. The highest BCUT2D eigenvalue weighted by atomic mass is 79.9. The van der Waals surface area contributed by atoms with Gasteiger partial charge in [0.1, 0.15) is 5.69 Å². The van der Waals surface area contributed by atoms with Crippen molar-refractivity contribution in [2.75, 3.05) is 5.33 Å². The highest BCUT2D eigenvalue weighted by Crippen LogP contribution is 2.30. The predicted octanol–water partition coefficient (Wildman–Crippen LogP) is 3.76. The fraction of sp³-hybridized carbons (Fsp3) is 0.125. The van der Waals surface area contributed by atoms with E-state index in [1.165, 1.54) is 0 Å². The summed E-state index contributed by atoms with van der Waals surface area (Å²) in [6.45, 7) is 0. The number of azide groups is 1. The number of benzene rings is 1. The molecule has 0 atom stereocenters. The summed E-state index contributed by atoms with van der Waals surface area (Å²) >= 11 is 2.61. The van der Waals surface area contributed by atoms with E-state index in [-0.39, 0.29) is 0 Å². The zero-order valence-electron chi connectivity index (χ0n) is 7.85. The topological polar surface area (TPSA) is 65.8 Å². The van der Waals surface area contributed by atoms with Crippen LogP contribution in [-0.4, -0.2) is 11.1 Å². The molecule has 9 heteroatoms. The second-order valence-electron chi connectivity index (χ2n) is 2.73. The Morgan fingerprint density at radius 1 is 1.18 bits per heavy atom. The Kier molecular flexibility index (Phi) is 4.08. The lowest BCUT2D eigenvalue weighted by molar-refractivity contribution is 0.101. The zero-order valence-corrected chi connectivity index (χ0v) is 9.43. The molecule has 0 bridgehead atoms. The van der Waals surface area contributed by atoms with Crippen LogP contribution in [0.5, 0.6) is 0 Å². The van der Waals surface area contributed by atoms with E-state index in [4.69, 9.17) is 5.53 Å². The summed E-state index contributed by atoms with van der Waals surface area (Å²) in [5.41, 5.74) is 5.18. The highest BCUT2D eigenvalue weighted by molar-refractivity contribution is 9.09. The molecule has 0 saturated carbocycles. The molecule has 90 valence electrons. The van der Waals surface area contributed by atoms with Crippen LogP contribution in [0.2, 0.25) is 0 Å². The van der Waals surface area contributed by atoms with Crippen LogP contribution in [0.15, 0.2) is 5.11 Å². The first-order chi connectivity index (χ1) is 7.95. The molecule has 1 aromatic carbocycles. The fourth-order valence-electron chi connectivity index (χ4n) is 1.06. The monoisotopic (exact) mass is 311 g/mol. The number of alkyl halides is 1. The molecule has 0 aliphatic rings. The molecule has 17 heavy (non-hydrogen) atoms. The van der Waals surface area contributed by atoms with E-state index in [9.17, 15) is 22.4 Å².